The number of likely N-dealkylation sites (tertiary alicyclic amines) is 1. The monoisotopic (exact) mass is 270 g/mol. The molecule has 1 aromatic rings. The van der Waals surface area contributed by atoms with Gasteiger partial charge in [-0.05, 0) is 38.4 Å². The van der Waals surface area contributed by atoms with E-state index in [0.29, 0.717) is 23.3 Å². The van der Waals surface area contributed by atoms with Gasteiger partial charge in [0.15, 0.2) is 0 Å². The molecule has 1 amide bonds. The highest BCUT2D eigenvalue weighted by Crippen LogP contribution is 2.28. The van der Waals surface area contributed by atoms with Gasteiger partial charge >= 0.3 is 0 Å². The highest BCUT2D eigenvalue weighted by atomic mass is 16.2. The van der Waals surface area contributed by atoms with E-state index in [-0.39, 0.29) is 5.91 Å². The van der Waals surface area contributed by atoms with Crippen molar-refractivity contribution >= 4 is 5.91 Å². The molecule has 2 aliphatic heterocycles. The number of likely N-dealkylation sites (N-methyl/N-ethyl adjacent to an activating group) is 1. The molecule has 5 nitrogen and oxygen atoms in total. The lowest BCUT2D eigenvalue weighted by Crippen LogP contribution is -2.40. The van der Waals surface area contributed by atoms with Gasteiger partial charge in [0, 0.05) is 31.4 Å². The molecule has 0 aliphatic carbocycles. The summed E-state index contributed by atoms with van der Waals surface area (Å²) in [5.74, 6) is -0.0181. The minimum absolute atomic E-state index is 0.0181. The average molecular weight is 270 g/mol. The molecule has 2 atom stereocenters. The number of nitrogens with zero attached hydrogens (tertiary/aromatic N) is 4. The van der Waals surface area contributed by atoms with Crippen molar-refractivity contribution in [2.75, 3.05) is 20.1 Å². The van der Waals surface area contributed by atoms with Crippen molar-refractivity contribution in [3.63, 3.8) is 0 Å². The minimum Gasteiger partial charge on any atom is -0.336 e. The van der Waals surface area contributed by atoms with Crippen molar-refractivity contribution in [3.05, 3.63) is 29.6 Å². The van der Waals surface area contributed by atoms with Crippen molar-refractivity contribution < 1.29 is 4.79 Å². The first kappa shape index (κ1) is 13.1. The zero-order chi connectivity index (χ0) is 14.1. The molecule has 3 heterocycles. The molecule has 0 spiro atoms. The highest BCUT2D eigenvalue weighted by molar-refractivity contribution is 5.92. The van der Waals surface area contributed by atoms with Gasteiger partial charge in [0.05, 0.1) is 5.56 Å². The zero-order valence-electron chi connectivity index (χ0n) is 11.6. The molecule has 20 heavy (non-hydrogen) atoms. The lowest BCUT2D eigenvalue weighted by molar-refractivity contribution is 0.0734. The smallest absolute Gasteiger partial charge is 0.272 e. The number of pyridine rings is 1. The molecule has 0 radical (unpaired) electrons. The summed E-state index contributed by atoms with van der Waals surface area (Å²) in [6, 6.07) is 6.41. The summed E-state index contributed by atoms with van der Waals surface area (Å²) < 4.78 is 0. The van der Waals surface area contributed by atoms with Crippen LogP contribution in [0, 0.1) is 11.3 Å². The molecular weight excluding hydrogens is 252 g/mol. The third kappa shape index (κ3) is 2.27. The van der Waals surface area contributed by atoms with Crippen LogP contribution in [0.3, 0.4) is 0 Å². The Balaban J connectivity index is 1.75. The predicted octanol–water partition coefficient (Wildman–Crippen LogP) is 1.26. The van der Waals surface area contributed by atoms with Crippen molar-refractivity contribution in [2.24, 2.45) is 0 Å². The van der Waals surface area contributed by atoms with Crippen molar-refractivity contribution in [2.45, 2.75) is 31.3 Å². The van der Waals surface area contributed by atoms with Gasteiger partial charge in [-0.1, -0.05) is 0 Å². The van der Waals surface area contributed by atoms with Crippen LogP contribution in [0.1, 0.15) is 35.3 Å². The van der Waals surface area contributed by atoms with Crippen LogP contribution >= 0.6 is 0 Å². The SMILES string of the molecule is CN1C2CCC1CN(C(=O)c1ccc(C#N)cn1)CC2. The Morgan fingerprint density at radius 1 is 1.35 bits per heavy atom. The van der Waals surface area contributed by atoms with Gasteiger partial charge in [-0.25, -0.2) is 4.98 Å². The molecule has 0 saturated carbocycles. The molecule has 0 aromatic carbocycles. The molecule has 2 fully saturated rings. The minimum atomic E-state index is -0.0181. The summed E-state index contributed by atoms with van der Waals surface area (Å²) in [5, 5.41) is 8.76. The van der Waals surface area contributed by atoms with Gasteiger partial charge in [-0.3, -0.25) is 9.69 Å². The Kier molecular flexibility index (Phi) is 3.41. The topological polar surface area (TPSA) is 60.2 Å². The maximum Gasteiger partial charge on any atom is 0.272 e. The Hall–Kier alpha value is -1.93. The van der Waals surface area contributed by atoms with Crippen molar-refractivity contribution in [1.29, 1.82) is 5.26 Å². The molecular formula is C15H18N4O. The fourth-order valence-electron chi connectivity index (χ4n) is 3.24. The largest absolute Gasteiger partial charge is 0.336 e. The van der Waals surface area contributed by atoms with Gasteiger partial charge in [0.1, 0.15) is 11.8 Å². The van der Waals surface area contributed by atoms with Crippen LogP contribution in [-0.4, -0.2) is 52.9 Å². The molecule has 3 rings (SSSR count). The van der Waals surface area contributed by atoms with Gasteiger partial charge < -0.3 is 4.90 Å². The van der Waals surface area contributed by atoms with E-state index in [2.05, 4.69) is 16.9 Å². The number of aromatic nitrogens is 1. The first-order chi connectivity index (χ1) is 9.69. The predicted molar refractivity (Wildman–Crippen MR) is 74.0 cm³/mol. The summed E-state index contributed by atoms with van der Waals surface area (Å²) in [7, 11) is 2.16. The molecule has 2 saturated heterocycles. The van der Waals surface area contributed by atoms with Crippen LogP contribution in [0.25, 0.3) is 0 Å². The Labute approximate surface area is 118 Å². The summed E-state index contributed by atoms with van der Waals surface area (Å²) in [5.41, 5.74) is 0.917. The maximum absolute atomic E-state index is 12.5. The van der Waals surface area contributed by atoms with Crippen molar-refractivity contribution in [3.8, 4) is 6.07 Å². The van der Waals surface area contributed by atoms with Crippen LogP contribution in [0.2, 0.25) is 0 Å². The molecule has 2 unspecified atom stereocenters. The number of fused-ring (bicyclic) bond motifs is 2. The van der Waals surface area contributed by atoms with Crippen LogP contribution in [0.5, 0.6) is 0 Å². The van der Waals surface area contributed by atoms with Gasteiger partial charge in [-0.2, -0.15) is 5.26 Å². The van der Waals surface area contributed by atoms with E-state index in [9.17, 15) is 4.79 Å². The van der Waals surface area contributed by atoms with E-state index in [1.807, 2.05) is 11.0 Å². The van der Waals surface area contributed by atoms with Crippen LogP contribution in [0.4, 0.5) is 0 Å². The molecule has 0 N–H and O–H groups in total. The quantitative estimate of drug-likeness (QED) is 0.771. The summed E-state index contributed by atoms with van der Waals surface area (Å²) >= 11 is 0. The number of hydrogen-bond acceptors (Lipinski definition) is 4. The fraction of sp³-hybridized carbons (Fsp3) is 0.533. The summed E-state index contributed by atoms with van der Waals surface area (Å²) in [4.78, 5) is 20.9. The van der Waals surface area contributed by atoms with Crippen LogP contribution < -0.4 is 0 Å². The Bertz CT molecular complexity index is 548. The van der Waals surface area contributed by atoms with E-state index in [1.165, 1.54) is 19.0 Å². The second kappa shape index (κ2) is 5.22. The number of carbonyl (C=O) groups is 1. The lowest BCUT2D eigenvalue weighted by atomic mass is 10.1. The second-order valence-corrected chi connectivity index (χ2v) is 5.63. The maximum atomic E-state index is 12.5. The third-order valence-corrected chi connectivity index (χ3v) is 4.55. The first-order valence-electron chi connectivity index (χ1n) is 7.06. The number of rotatable bonds is 1. The highest BCUT2D eigenvalue weighted by Gasteiger charge is 2.36. The number of amides is 1. The van der Waals surface area contributed by atoms with E-state index in [1.54, 1.807) is 12.1 Å². The van der Waals surface area contributed by atoms with Gasteiger partial charge in [0.25, 0.3) is 5.91 Å². The standard InChI is InChI=1S/C15H18N4O/c1-18-12-3-4-13(18)10-19(7-6-12)15(20)14-5-2-11(8-16)9-17-14/h2,5,9,12-13H,3-4,6-7,10H2,1H3. The van der Waals surface area contributed by atoms with Crippen LogP contribution in [-0.2, 0) is 0 Å². The van der Waals surface area contributed by atoms with Crippen molar-refractivity contribution in [1.82, 2.24) is 14.8 Å². The third-order valence-electron chi connectivity index (χ3n) is 4.55. The number of hydrogen-bond donors (Lipinski definition) is 0. The Morgan fingerprint density at radius 3 is 2.85 bits per heavy atom. The first-order valence-corrected chi connectivity index (χ1v) is 7.06. The van der Waals surface area contributed by atoms with E-state index < -0.39 is 0 Å². The molecule has 5 heteroatoms. The Morgan fingerprint density at radius 2 is 2.15 bits per heavy atom. The molecule has 2 bridgehead atoms. The zero-order valence-corrected chi connectivity index (χ0v) is 11.6. The number of carbonyl (C=O) groups excluding carboxylic acids is 1. The summed E-state index contributed by atoms with van der Waals surface area (Å²) in [6.07, 6.45) is 4.92. The average Bonchev–Trinajstić information content (AvgIpc) is 2.72. The molecule has 2 aliphatic rings. The van der Waals surface area contributed by atoms with E-state index in [0.717, 1.165) is 19.5 Å². The van der Waals surface area contributed by atoms with Gasteiger partial charge in [-0.15, -0.1) is 0 Å². The molecule has 104 valence electrons. The fourth-order valence-corrected chi connectivity index (χ4v) is 3.24. The summed E-state index contributed by atoms with van der Waals surface area (Å²) in [6.45, 7) is 1.58. The van der Waals surface area contributed by atoms with Gasteiger partial charge in [0.2, 0.25) is 0 Å². The second-order valence-electron chi connectivity index (χ2n) is 5.63. The number of nitriles is 1. The van der Waals surface area contributed by atoms with Crippen LogP contribution in [0.15, 0.2) is 18.3 Å². The van der Waals surface area contributed by atoms with E-state index in [4.69, 9.17) is 5.26 Å². The lowest BCUT2D eigenvalue weighted by Gasteiger charge is -2.25. The van der Waals surface area contributed by atoms with E-state index >= 15 is 0 Å². The molecule has 1 aromatic heterocycles. The normalized spacial score (nSPS) is 26.1.